The topological polar surface area (TPSA) is 77.9 Å². The third kappa shape index (κ3) is 3.73. The Hall–Kier alpha value is -2.52. The van der Waals surface area contributed by atoms with E-state index in [4.69, 9.17) is 5.53 Å². The molecule has 2 rings (SSSR count). The number of nitrogens with one attached hydrogen (secondary N) is 1. The lowest BCUT2D eigenvalue weighted by molar-refractivity contribution is -0.120. The van der Waals surface area contributed by atoms with Crippen LogP contribution in [0.3, 0.4) is 0 Å². The highest BCUT2D eigenvalue weighted by atomic mass is 16.1. The summed E-state index contributed by atoms with van der Waals surface area (Å²) < 4.78 is 0. The lowest BCUT2D eigenvalue weighted by Crippen LogP contribution is -2.26. The molecule has 0 heterocycles. The predicted octanol–water partition coefficient (Wildman–Crippen LogP) is 3.20. The van der Waals surface area contributed by atoms with Gasteiger partial charge in [-0.15, -0.1) is 0 Å². The predicted molar refractivity (Wildman–Crippen MR) is 79.3 cm³/mol. The largest absolute Gasteiger partial charge is 0.356 e. The van der Waals surface area contributed by atoms with Gasteiger partial charge in [-0.25, -0.2) is 0 Å². The average Bonchev–Trinajstić information content (AvgIpc) is 2.47. The highest BCUT2D eigenvalue weighted by Crippen LogP contribution is 2.18. The van der Waals surface area contributed by atoms with E-state index in [9.17, 15) is 4.79 Å². The number of hydrogen-bond donors (Lipinski definition) is 1. The quantitative estimate of drug-likeness (QED) is 0.371. The molecule has 0 aliphatic rings. The second-order valence-electron chi connectivity index (χ2n) is 4.47. The molecular formula is C15H16N4O. The third-order valence-corrected chi connectivity index (χ3v) is 3.05. The first-order valence-electron chi connectivity index (χ1n) is 6.55. The van der Waals surface area contributed by atoms with Gasteiger partial charge < -0.3 is 5.32 Å². The lowest BCUT2D eigenvalue weighted by Gasteiger charge is -2.07. The minimum absolute atomic E-state index is 0.0118. The van der Waals surface area contributed by atoms with Crippen LogP contribution in [-0.2, 0) is 11.2 Å². The van der Waals surface area contributed by atoms with Crippen LogP contribution in [0.1, 0.15) is 12.0 Å². The van der Waals surface area contributed by atoms with E-state index in [0.29, 0.717) is 25.9 Å². The Labute approximate surface area is 117 Å². The van der Waals surface area contributed by atoms with Crippen molar-refractivity contribution in [3.63, 3.8) is 0 Å². The average molecular weight is 268 g/mol. The molecule has 0 unspecified atom stereocenters. The van der Waals surface area contributed by atoms with E-state index in [1.807, 2.05) is 42.5 Å². The van der Waals surface area contributed by atoms with E-state index in [0.717, 1.165) is 16.3 Å². The van der Waals surface area contributed by atoms with Gasteiger partial charge in [0.15, 0.2) is 0 Å². The summed E-state index contributed by atoms with van der Waals surface area (Å²) >= 11 is 0. The van der Waals surface area contributed by atoms with Crippen molar-refractivity contribution in [3.05, 3.63) is 58.5 Å². The SMILES string of the molecule is [N-]=[N+]=NCCCNC(=O)Cc1cccc2ccccc12. The van der Waals surface area contributed by atoms with E-state index >= 15 is 0 Å². The summed E-state index contributed by atoms with van der Waals surface area (Å²) in [4.78, 5) is 14.5. The number of carbonyl (C=O) groups is 1. The van der Waals surface area contributed by atoms with Crippen LogP contribution >= 0.6 is 0 Å². The lowest BCUT2D eigenvalue weighted by atomic mass is 10.0. The Morgan fingerprint density at radius 2 is 2.00 bits per heavy atom. The Balaban J connectivity index is 1.94. The van der Waals surface area contributed by atoms with Gasteiger partial charge in [-0.1, -0.05) is 47.6 Å². The van der Waals surface area contributed by atoms with Crippen molar-refractivity contribution >= 4 is 16.7 Å². The van der Waals surface area contributed by atoms with Crippen LogP contribution in [-0.4, -0.2) is 19.0 Å². The fraction of sp³-hybridized carbons (Fsp3) is 0.267. The van der Waals surface area contributed by atoms with Gasteiger partial charge in [0.25, 0.3) is 0 Å². The molecule has 0 saturated carbocycles. The number of carbonyl (C=O) groups excluding carboxylic acids is 1. The van der Waals surface area contributed by atoms with E-state index in [2.05, 4.69) is 15.3 Å². The second-order valence-corrected chi connectivity index (χ2v) is 4.47. The van der Waals surface area contributed by atoms with Crippen molar-refractivity contribution in [2.75, 3.05) is 13.1 Å². The van der Waals surface area contributed by atoms with Crippen LogP contribution in [0.2, 0.25) is 0 Å². The van der Waals surface area contributed by atoms with E-state index in [-0.39, 0.29) is 5.91 Å². The van der Waals surface area contributed by atoms with Crippen molar-refractivity contribution in [2.24, 2.45) is 5.11 Å². The minimum Gasteiger partial charge on any atom is -0.356 e. The molecule has 0 aliphatic heterocycles. The normalized spacial score (nSPS) is 10.0. The van der Waals surface area contributed by atoms with E-state index < -0.39 is 0 Å². The number of benzene rings is 2. The monoisotopic (exact) mass is 268 g/mol. The second kappa shape index (κ2) is 7.16. The van der Waals surface area contributed by atoms with E-state index in [1.54, 1.807) is 0 Å². The zero-order chi connectivity index (χ0) is 14.2. The summed E-state index contributed by atoms with van der Waals surface area (Å²) in [5, 5.41) is 8.51. The smallest absolute Gasteiger partial charge is 0.224 e. The van der Waals surface area contributed by atoms with Crippen LogP contribution in [0.4, 0.5) is 0 Å². The number of nitrogens with zero attached hydrogens (tertiary/aromatic N) is 3. The summed E-state index contributed by atoms with van der Waals surface area (Å²) in [5.74, 6) is -0.0118. The van der Waals surface area contributed by atoms with Crippen LogP contribution in [0.15, 0.2) is 47.6 Å². The number of azide groups is 1. The van der Waals surface area contributed by atoms with Crippen molar-refractivity contribution in [3.8, 4) is 0 Å². The standard InChI is InChI=1S/C15H16N4O/c16-19-18-10-4-9-17-15(20)11-13-7-3-6-12-5-1-2-8-14(12)13/h1-3,5-8H,4,9-11H2,(H,17,20). The summed E-state index contributed by atoms with van der Waals surface area (Å²) in [7, 11) is 0. The molecule has 102 valence electrons. The van der Waals surface area contributed by atoms with Crippen LogP contribution in [0.25, 0.3) is 21.2 Å². The minimum atomic E-state index is -0.0118. The molecule has 0 saturated heterocycles. The molecule has 2 aromatic rings. The maximum absolute atomic E-state index is 11.9. The van der Waals surface area contributed by atoms with Crippen molar-refractivity contribution in [1.29, 1.82) is 0 Å². The molecule has 0 fully saturated rings. The number of rotatable bonds is 6. The van der Waals surface area contributed by atoms with Gasteiger partial charge in [0.1, 0.15) is 0 Å². The maximum atomic E-state index is 11.9. The molecule has 1 amide bonds. The Morgan fingerprint density at radius 1 is 1.20 bits per heavy atom. The first-order chi connectivity index (χ1) is 9.81. The van der Waals surface area contributed by atoms with Gasteiger partial charge >= 0.3 is 0 Å². The van der Waals surface area contributed by atoms with Crippen LogP contribution < -0.4 is 5.32 Å². The summed E-state index contributed by atoms with van der Waals surface area (Å²) in [6.45, 7) is 0.938. The summed E-state index contributed by atoms with van der Waals surface area (Å²) in [5.41, 5.74) is 9.16. The third-order valence-electron chi connectivity index (χ3n) is 3.05. The molecular weight excluding hydrogens is 252 g/mol. The van der Waals surface area contributed by atoms with E-state index in [1.165, 1.54) is 0 Å². The first-order valence-corrected chi connectivity index (χ1v) is 6.55. The molecule has 20 heavy (non-hydrogen) atoms. The molecule has 5 nitrogen and oxygen atoms in total. The van der Waals surface area contributed by atoms with Gasteiger partial charge in [0.2, 0.25) is 5.91 Å². The molecule has 2 aromatic carbocycles. The van der Waals surface area contributed by atoms with Gasteiger partial charge in [-0.3, -0.25) is 4.79 Å². The maximum Gasteiger partial charge on any atom is 0.224 e. The summed E-state index contributed by atoms with van der Waals surface area (Å²) in [6.07, 6.45) is 1.02. The Bertz CT molecular complexity index is 642. The molecule has 0 aliphatic carbocycles. The van der Waals surface area contributed by atoms with Gasteiger partial charge in [-0.05, 0) is 28.3 Å². The molecule has 0 spiro atoms. The van der Waals surface area contributed by atoms with Crippen LogP contribution in [0.5, 0.6) is 0 Å². The zero-order valence-electron chi connectivity index (χ0n) is 11.1. The molecule has 0 aromatic heterocycles. The molecule has 1 N–H and O–H groups in total. The highest BCUT2D eigenvalue weighted by molar-refractivity contribution is 5.90. The van der Waals surface area contributed by atoms with Gasteiger partial charge in [0.05, 0.1) is 6.42 Å². The molecule has 0 atom stereocenters. The number of amides is 1. The van der Waals surface area contributed by atoms with Crippen molar-refractivity contribution in [2.45, 2.75) is 12.8 Å². The van der Waals surface area contributed by atoms with Gasteiger partial charge in [-0.2, -0.15) is 0 Å². The molecule has 0 bridgehead atoms. The van der Waals surface area contributed by atoms with Crippen molar-refractivity contribution in [1.82, 2.24) is 5.32 Å². The zero-order valence-corrected chi connectivity index (χ0v) is 11.1. The van der Waals surface area contributed by atoms with Crippen molar-refractivity contribution < 1.29 is 4.79 Å². The number of hydrogen-bond acceptors (Lipinski definition) is 2. The highest BCUT2D eigenvalue weighted by Gasteiger charge is 2.05. The first kappa shape index (κ1) is 13.9. The Kier molecular flexibility index (Phi) is 4.98. The van der Waals surface area contributed by atoms with Crippen LogP contribution in [0, 0.1) is 0 Å². The Morgan fingerprint density at radius 3 is 2.85 bits per heavy atom. The fourth-order valence-corrected chi connectivity index (χ4v) is 2.10. The van der Waals surface area contributed by atoms with Gasteiger partial charge in [0, 0.05) is 18.0 Å². The molecule has 0 radical (unpaired) electrons. The fourth-order valence-electron chi connectivity index (χ4n) is 2.10. The number of fused-ring (bicyclic) bond motifs is 1. The summed E-state index contributed by atoms with van der Waals surface area (Å²) in [6, 6.07) is 14.0. The molecule has 5 heteroatoms.